The first kappa shape index (κ1) is 17.8. The van der Waals surface area contributed by atoms with Crippen molar-refractivity contribution in [3.8, 4) is 11.5 Å². The summed E-state index contributed by atoms with van der Waals surface area (Å²) in [6.45, 7) is 3.81. The molecule has 3 aromatic rings. The number of nitrogens with zero attached hydrogens (tertiary/aromatic N) is 2. The second kappa shape index (κ2) is 6.70. The predicted octanol–water partition coefficient (Wildman–Crippen LogP) is 4.90. The number of para-hydroxylation sites is 2. The molecule has 26 heavy (non-hydrogen) atoms. The van der Waals surface area contributed by atoms with Gasteiger partial charge in [0.2, 0.25) is 0 Å². The zero-order valence-corrected chi connectivity index (χ0v) is 14.3. The van der Waals surface area contributed by atoms with Gasteiger partial charge in [0.15, 0.2) is 5.75 Å². The van der Waals surface area contributed by atoms with Crippen molar-refractivity contribution in [3.05, 3.63) is 47.8 Å². The van der Waals surface area contributed by atoms with Crippen LogP contribution in [-0.2, 0) is 0 Å². The molecule has 0 amide bonds. The Kier molecular flexibility index (Phi) is 4.58. The fourth-order valence-electron chi connectivity index (χ4n) is 2.66. The molecular weight excluding hydrogens is 347 g/mol. The largest absolute Gasteiger partial charge is 0.573 e. The lowest BCUT2D eigenvalue weighted by atomic mass is 10.0. The van der Waals surface area contributed by atoms with E-state index in [1.807, 2.05) is 13.8 Å². The van der Waals surface area contributed by atoms with Gasteiger partial charge in [0.25, 0.3) is 0 Å². The molecule has 0 atom stereocenters. The summed E-state index contributed by atoms with van der Waals surface area (Å²) >= 11 is 0. The molecule has 1 N–H and O–H groups in total. The predicted molar refractivity (Wildman–Crippen MR) is 92.0 cm³/mol. The third-order valence-electron chi connectivity index (χ3n) is 4.03. The first-order chi connectivity index (χ1) is 12.3. The molecule has 0 aliphatic heterocycles. The van der Waals surface area contributed by atoms with Crippen molar-refractivity contribution in [3.63, 3.8) is 0 Å². The highest BCUT2D eigenvalue weighted by Gasteiger charge is 2.32. The molecule has 3 rings (SSSR count). The Labute approximate surface area is 147 Å². The molecule has 8 heteroatoms. The van der Waals surface area contributed by atoms with Crippen LogP contribution >= 0.6 is 0 Å². The summed E-state index contributed by atoms with van der Waals surface area (Å²) in [7, 11) is 1.55. The average molecular weight is 363 g/mol. The third-order valence-corrected chi connectivity index (χ3v) is 4.03. The number of benzene rings is 2. The Hall–Kier alpha value is -3.03. The van der Waals surface area contributed by atoms with Crippen molar-refractivity contribution >= 4 is 22.4 Å². The maximum Gasteiger partial charge on any atom is 0.573 e. The highest BCUT2D eigenvalue weighted by atomic mass is 19.4. The molecule has 0 saturated heterocycles. The second-order valence-corrected chi connectivity index (χ2v) is 5.62. The van der Waals surface area contributed by atoms with E-state index >= 15 is 0 Å². The van der Waals surface area contributed by atoms with Gasteiger partial charge in [0.1, 0.15) is 17.9 Å². The molecular formula is C18H16F3N3O2. The SMILES string of the molecule is COc1cc2c(Nc3ccccc3OC(F)(F)F)ncnc2c(C)c1C. The number of hydrogen-bond acceptors (Lipinski definition) is 5. The second-order valence-electron chi connectivity index (χ2n) is 5.62. The standard InChI is InChI=1S/C18H16F3N3O2/c1-10-11(2)16-12(8-15(10)25-3)17(23-9-22-16)24-13-6-4-5-7-14(13)26-18(19,20)21/h4-9H,1-3H3,(H,22,23,24). The van der Waals surface area contributed by atoms with Crippen LogP contribution in [0, 0.1) is 13.8 Å². The number of nitrogens with one attached hydrogen (secondary N) is 1. The van der Waals surface area contributed by atoms with Gasteiger partial charge < -0.3 is 14.8 Å². The van der Waals surface area contributed by atoms with Crippen LogP contribution in [0.1, 0.15) is 11.1 Å². The van der Waals surface area contributed by atoms with Gasteiger partial charge in [-0.3, -0.25) is 0 Å². The minimum Gasteiger partial charge on any atom is -0.496 e. The highest BCUT2D eigenvalue weighted by molar-refractivity contribution is 5.94. The first-order valence-electron chi connectivity index (χ1n) is 7.71. The zero-order chi connectivity index (χ0) is 18.9. The van der Waals surface area contributed by atoms with Gasteiger partial charge in [0.05, 0.1) is 18.3 Å². The lowest BCUT2D eigenvalue weighted by molar-refractivity contribution is -0.274. The number of alkyl halides is 3. The van der Waals surface area contributed by atoms with Crippen molar-refractivity contribution in [1.29, 1.82) is 0 Å². The molecule has 0 saturated carbocycles. The number of rotatable bonds is 4. The summed E-state index contributed by atoms with van der Waals surface area (Å²) in [6, 6.07) is 7.53. The maximum absolute atomic E-state index is 12.6. The number of methoxy groups -OCH3 is 1. The van der Waals surface area contributed by atoms with E-state index < -0.39 is 6.36 Å². The molecule has 0 fully saturated rings. The van der Waals surface area contributed by atoms with Crippen molar-refractivity contribution in [1.82, 2.24) is 9.97 Å². The van der Waals surface area contributed by atoms with Gasteiger partial charge in [0, 0.05) is 5.39 Å². The van der Waals surface area contributed by atoms with Gasteiger partial charge in [-0.15, -0.1) is 13.2 Å². The molecule has 1 heterocycles. The van der Waals surface area contributed by atoms with Crippen LogP contribution in [0.2, 0.25) is 0 Å². The van der Waals surface area contributed by atoms with Gasteiger partial charge in [-0.05, 0) is 43.2 Å². The Bertz CT molecular complexity index is 958. The number of fused-ring (bicyclic) bond motifs is 1. The molecule has 0 spiro atoms. The molecule has 0 unspecified atom stereocenters. The monoisotopic (exact) mass is 363 g/mol. The van der Waals surface area contributed by atoms with Gasteiger partial charge in [-0.2, -0.15) is 0 Å². The Balaban J connectivity index is 2.09. The number of aromatic nitrogens is 2. The molecule has 5 nitrogen and oxygen atoms in total. The number of halogens is 3. The fraction of sp³-hybridized carbons (Fsp3) is 0.222. The fourth-order valence-corrected chi connectivity index (χ4v) is 2.66. The Morgan fingerprint density at radius 1 is 1.00 bits per heavy atom. The van der Waals surface area contributed by atoms with Crippen molar-refractivity contribution in [2.45, 2.75) is 20.2 Å². The van der Waals surface area contributed by atoms with E-state index in [1.54, 1.807) is 19.2 Å². The maximum atomic E-state index is 12.6. The van der Waals surface area contributed by atoms with Crippen LogP contribution in [-0.4, -0.2) is 23.4 Å². The van der Waals surface area contributed by atoms with E-state index in [4.69, 9.17) is 4.74 Å². The van der Waals surface area contributed by atoms with Crippen molar-refractivity contribution in [2.24, 2.45) is 0 Å². The summed E-state index contributed by atoms with van der Waals surface area (Å²) < 4.78 is 47.3. The van der Waals surface area contributed by atoms with Crippen LogP contribution in [0.3, 0.4) is 0 Å². The minimum atomic E-state index is -4.79. The molecule has 2 aromatic carbocycles. The van der Waals surface area contributed by atoms with E-state index in [0.717, 1.165) is 11.1 Å². The van der Waals surface area contributed by atoms with E-state index in [1.165, 1.54) is 24.5 Å². The summed E-state index contributed by atoms with van der Waals surface area (Å²) in [5, 5.41) is 3.54. The summed E-state index contributed by atoms with van der Waals surface area (Å²) in [4.78, 5) is 8.45. The number of hydrogen-bond donors (Lipinski definition) is 1. The van der Waals surface area contributed by atoms with Gasteiger partial charge in [-0.25, -0.2) is 9.97 Å². The number of anilines is 2. The Morgan fingerprint density at radius 3 is 2.42 bits per heavy atom. The number of aryl methyl sites for hydroxylation is 1. The van der Waals surface area contributed by atoms with E-state index in [-0.39, 0.29) is 11.4 Å². The lowest BCUT2D eigenvalue weighted by Gasteiger charge is -2.16. The minimum absolute atomic E-state index is 0.141. The first-order valence-corrected chi connectivity index (χ1v) is 7.71. The van der Waals surface area contributed by atoms with E-state index in [0.29, 0.717) is 22.5 Å². The molecule has 0 aliphatic carbocycles. The summed E-state index contributed by atoms with van der Waals surface area (Å²) in [5.74, 6) is 0.657. The van der Waals surface area contributed by atoms with Gasteiger partial charge in [-0.1, -0.05) is 12.1 Å². The van der Waals surface area contributed by atoms with Crippen LogP contribution in [0.5, 0.6) is 11.5 Å². The highest BCUT2D eigenvalue weighted by Crippen LogP contribution is 2.36. The van der Waals surface area contributed by atoms with Crippen LogP contribution < -0.4 is 14.8 Å². The van der Waals surface area contributed by atoms with Gasteiger partial charge >= 0.3 is 6.36 Å². The van der Waals surface area contributed by atoms with Crippen LogP contribution in [0.15, 0.2) is 36.7 Å². The third kappa shape index (κ3) is 3.49. The van der Waals surface area contributed by atoms with Crippen LogP contribution in [0.4, 0.5) is 24.7 Å². The topological polar surface area (TPSA) is 56.3 Å². The summed E-state index contributed by atoms with van der Waals surface area (Å²) in [6.07, 6.45) is -3.43. The Morgan fingerprint density at radius 2 is 1.73 bits per heavy atom. The zero-order valence-electron chi connectivity index (χ0n) is 14.3. The molecule has 1 aromatic heterocycles. The normalized spacial score (nSPS) is 11.5. The van der Waals surface area contributed by atoms with Crippen molar-refractivity contribution < 1.29 is 22.6 Å². The summed E-state index contributed by atoms with van der Waals surface area (Å²) in [5.41, 5.74) is 2.67. The molecule has 136 valence electrons. The average Bonchev–Trinajstić information content (AvgIpc) is 2.59. The van der Waals surface area contributed by atoms with E-state index in [2.05, 4.69) is 20.0 Å². The van der Waals surface area contributed by atoms with Crippen molar-refractivity contribution in [2.75, 3.05) is 12.4 Å². The van der Waals surface area contributed by atoms with Crippen LogP contribution in [0.25, 0.3) is 10.9 Å². The molecule has 0 radical (unpaired) electrons. The quantitative estimate of drug-likeness (QED) is 0.715. The smallest absolute Gasteiger partial charge is 0.496 e. The van der Waals surface area contributed by atoms with E-state index in [9.17, 15) is 13.2 Å². The number of ether oxygens (including phenoxy) is 2. The molecule has 0 aliphatic rings. The molecule has 0 bridgehead atoms. The lowest BCUT2D eigenvalue weighted by Crippen LogP contribution is -2.18.